The SMILES string of the molecule is c1nc(CCCNC2CC2)oc1C1C2CCCC21. The molecule has 0 aliphatic heterocycles. The predicted octanol–water partition coefficient (Wildman–Crippen LogP) is 2.87. The predicted molar refractivity (Wildman–Crippen MR) is 69.4 cm³/mol. The molecule has 2 atom stereocenters. The van der Waals surface area contributed by atoms with Gasteiger partial charge >= 0.3 is 0 Å². The molecule has 3 fully saturated rings. The molecule has 1 aromatic rings. The highest BCUT2D eigenvalue weighted by Crippen LogP contribution is 2.63. The number of oxazole rings is 1. The highest BCUT2D eigenvalue weighted by Gasteiger charge is 2.54. The van der Waals surface area contributed by atoms with Crippen LogP contribution in [-0.4, -0.2) is 17.6 Å². The van der Waals surface area contributed by atoms with Crippen molar-refractivity contribution in [2.24, 2.45) is 11.8 Å². The van der Waals surface area contributed by atoms with Gasteiger partial charge in [0, 0.05) is 18.4 Å². The van der Waals surface area contributed by atoms with Crippen molar-refractivity contribution in [2.45, 2.75) is 56.9 Å². The number of aryl methyl sites for hydroxylation is 1. The second-order valence-corrected chi connectivity index (χ2v) is 6.27. The molecule has 18 heavy (non-hydrogen) atoms. The van der Waals surface area contributed by atoms with Gasteiger partial charge in [0.2, 0.25) is 0 Å². The summed E-state index contributed by atoms with van der Waals surface area (Å²) in [6.07, 6.45) is 11.1. The number of hydrogen-bond donors (Lipinski definition) is 1. The van der Waals surface area contributed by atoms with E-state index in [1.54, 1.807) is 0 Å². The van der Waals surface area contributed by atoms with Crippen molar-refractivity contribution in [1.82, 2.24) is 10.3 Å². The van der Waals surface area contributed by atoms with Crippen LogP contribution in [0, 0.1) is 11.8 Å². The Balaban J connectivity index is 1.26. The summed E-state index contributed by atoms with van der Waals surface area (Å²) in [5, 5.41) is 3.53. The third-order valence-corrected chi connectivity index (χ3v) is 4.88. The molecule has 0 radical (unpaired) electrons. The van der Waals surface area contributed by atoms with E-state index < -0.39 is 0 Å². The summed E-state index contributed by atoms with van der Waals surface area (Å²) >= 11 is 0. The Morgan fingerprint density at radius 2 is 2.06 bits per heavy atom. The number of nitrogens with zero attached hydrogens (tertiary/aromatic N) is 1. The van der Waals surface area contributed by atoms with Gasteiger partial charge in [0.1, 0.15) is 5.76 Å². The molecule has 0 amide bonds. The fraction of sp³-hybridized carbons (Fsp3) is 0.800. The maximum absolute atomic E-state index is 5.93. The molecule has 98 valence electrons. The molecule has 3 saturated carbocycles. The monoisotopic (exact) mass is 246 g/mol. The molecule has 4 rings (SSSR count). The molecule has 3 nitrogen and oxygen atoms in total. The highest BCUT2D eigenvalue weighted by molar-refractivity contribution is 5.19. The lowest BCUT2D eigenvalue weighted by atomic mass is 10.1. The Morgan fingerprint density at radius 3 is 2.83 bits per heavy atom. The van der Waals surface area contributed by atoms with Crippen molar-refractivity contribution in [2.75, 3.05) is 6.54 Å². The Morgan fingerprint density at radius 1 is 1.22 bits per heavy atom. The van der Waals surface area contributed by atoms with Crippen LogP contribution in [0.25, 0.3) is 0 Å². The molecule has 3 aliphatic carbocycles. The minimum atomic E-state index is 0.726. The van der Waals surface area contributed by atoms with E-state index in [9.17, 15) is 0 Å². The quantitative estimate of drug-likeness (QED) is 0.784. The van der Waals surface area contributed by atoms with Gasteiger partial charge in [-0.25, -0.2) is 4.98 Å². The topological polar surface area (TPSA) is 38.1 Å². The normalized spacial score (nSPS) is 33.7. The zero-order valence-corrected chi connectivity index (χ0v) is 10.9. The molecule has 0 spiro atoms. The van der Waals surface area contributed by atoms with Crippen LogP contribution in [0.1, 0.15) is 56.1 Å². The van der Waals surface area contributed by atoms with E-state index in [2.05, 4.69) is 10.3 Å². The van der Waals surface area contributed by atoms with Gasteiger partial charge in [0.15, 0.2) is 5.89 Å². The van der Waals surface area contributed by atoms with E-state index >= 15 is 0 Å². The highest BCUT2D eigenvalue weighted by atomic mass is 16.4. The number of aromatic nitrogens is 1. The van der Waals surface area contributed by atoms with E-state index in [4.69, 9.17) is 4.42 Å². The zero-order valence-electron chi connectivity index (χ0n) is 10.9. The fourth-order valence-corrected chi connectivity index (χ4v) is 3.67. The molecule has 0 saturated heterocycles. The Hall–Kier alpha value is -0.830. The second kappa shape index (κ2) is 4.37. The molecule has 3 heteroatoms. The maximum atomic E-state index is 5.93. The van der Waals surface area contributed by atoms with Crippen LogP contribution in [0.15, 0.2) is 10.6 Å². The summed E-state index contributed by atoms with van der Waals surface area (Å²) in [7, 11) is 0. The third-order valence-electron chi connectivity index (χ3n) is 4.88. The third kappa shape index (κ3) is 2.09. The van der Waals surface area contributed by atoms with Gasteiger partial charge in [-0.15, -0.1) is 0 Å². The van der Waals surface area contributed by atoms with Crippen LogP contribution >= 0.6 is 0 Å². The number of nitrogens with one attached hydrogen (secondary N) is 1. The summed E-state index contributed by atoms with van der Waals surface area (Å²) in [4.78, 5) is 4.44. The Labute approximate surface area is 108 Å². The van der Waals surface area contributed by atoms with Crippen LogP contribution in [0.3, 0.4) is 0 Å². The van der Waals surface area contributed by atoms with Crippen molar-refractivity contribution >= 4 is 0 Å². The van der Waals surface area contributed by atoms with E-state index in [0.29, 0.717) is 0 Å². The summed E-state index contributed by atoms with van der Waals surface area (Å²) in [5.41, 5.74) is 0. The molecular weight excluding hydrogens is 224 g/mol. The molecule has 1 aromatic heterocycles. The summed E-state index contributed by atoms with van der Waals surface area (Å²) < 4.78 is 5.93. The summed E-state index contributed by atoms with van der Waals surface area (Å²) in [5.74, 6) is 4.72. The molecule has 0 aromatic carbocycles. The van der Waals surface area contributed by atoms with Crippen LogP contribution < -0.4 is 5.32 Å². The molecule has 1 N–H and O–H groups in total. The van der Waals surface area contributed by atoms with Gasteiger partial charge < -0.3 is 9.73 Å². The fourth-order valence-electron chi connectivity index (χ4n) is 3.67. The van der Waals surface area contributed by atoms with Crippen LogP contribution in [0.2, 0.25) is 0 Å². The van der Waals surface area contributed by atoms with E-state index in [-0.39, 0.29) is 0 Å². The molecule has 3 aliphatic rings. The first-order valence-electron chi connectivity index (χ1n) is 7.60. The standard InChI is InChI=1S/C15H22N2O/c1-3-11-12(4-1)15(11)13-9-17-14(18-13)5-2-8-16-10-6-7-10/h9-12,15-16H,1-8H2. The van der Waals surface area contributed by atoms with Crippen molar-refractivity contribution in [3.63, 3.8) is 0 Å². The average Bonchev–Trinajstić information content (AvgIpc) is 3.23. The van der Waals surface area contributed by atoms with Crippen LogP contribution in [0.4, 0.5) is 0 Å². The number of rotatable bonds is 6. The largest absolute Gasteiger partial charge is 0.445 e. The number of fused-ring (bicyclic) bond motifs is 1. The van der Waals surface area contributed by atoms with Gasteiger partial charge in [0.25, 0.3) is 0 Å². The Bertz CT molecular complexity index is 414. The smallest absolute Gasteiger partial charge is 0.194 e. The molecular formula is C15H22N2O. The molecule has 0 bridgehead atoms. The van der Waals surface area contributed by atoms with E-state index in [1.807, 2.05) is 6.20 Å². The minimum Gasteiger partial charge on any atom is -0.445 e. The number of hydrogen-bond acceptors (Lipinski definition) is 3. The Kier molecular flexibility index (Phi) is 2.68. The van der Waals surface area contributed by atoms with Gasteiger partial charge in [0.05, 0.1) is 6.20 Å². The van der Waals surface area contributed by atoms with Gasteiger partial charge in [-0.2, -0.15) is 0 Å². The average molecular weight is 246 g/mol. The van der Waals surface area contributed by atoms with Crippen LogP contribution in [0.5, 0.6) is 0 Å². The van der Waals surface area contributed by atoms with Crippen molar-refractivity contribution in [1.29, 1.82) is 0 Å². The van der Waals surface area contributed by atoms with Crippen LogP contribution in [-0.2, 0) is 6.42 Å². The summed E-state index contributed by atoms with van der Waals surface area (Å²) in [6.45, 7) is 1.11. The first-order chi connectivity index (χ1) is 8.92. The van der Waals surface area contributed by atoms with Gasteiger partial charge in [-0.3, -0.25) is 0 Å². The lowest BCUT2D eigenvalue weighted by Gasteiger charge is -2.00. The van der Waals surface area contributed by atoms with E-state index in [0.717, 1.165) is 49.1 Å². The van der Waals surface area contributed by atoms with Gasteiger partial charge in [-0.1, -0.05) is 6.42 Å². The first-order valence-corrected chi connectivity index (χ1v) is 7.60. The molecule has 2 unspecified atom stereocenters. The van der Waals surface area contributed by atoms with Crippen molar-refractivity contribution < 1.29 is 4.42 Å². The lowest BCUT2D eigenvalue weighted by Crippen LogP contribution is -2.17. The summed E-state index contributed by atoms with van der Waals surface area (Å²) in [6, 6.07) is 0.816. The van der Waals surface area contributed by atoms with Crippen molar-refractivity contribution in [3.8, 4) is 0 Å². The van der Waals surface area contributed by atoms with Gasteiger partial charge in [-0.05, 0) is 50.5 Å². The van der Waals surface area contributed by atoms with Crippen molar-refractivity contribution in [3.05, 3.63) is 17.8 Å². The first kappa shape index (κ1) is 11.0. The second-order valence-electron chi connectivity index (χ2n) is 6.27. The zero-order chi connectivity index (χ0) is 11.9. The minimum absolute atomic E-state index is 0.726. The maximum Gasteiger partial charge on any atom is 0.194 e. The lowest BCUT2D eigenvalue weighted by molar-refractivity contribution is 0.433. The van der Waals surface area contributed by atoms with E-state index in [1.165, 1.54) is 37.9 Å². The molecule has 1 heterocycles.